The van der Waals surface area contributed by atoms with E-state index in [1.807, 2.05) is 42.5 Å². The molecule has 0 aromatic heterocycles. The third kappa shape index (κ3) is 4.88. The molecule has 1 fully saturated rings. The maximum Gasteiger partial charge on any atom is 0.267 e. The maximum absolute atomic E-state index is 13.5. The number of unbranched alkanes of at least 4 members (excludes halogenated alkanes) is 2. The summed E-state index contributed by atoms with van der Waals surface area (Å²) < 4.78 is 6.57. The molecule has 2 amide bonds. The second-order valence-electron chi connectivity index (χ2n) is 7.95. The van der Waals surface area contributed by atoms with Gasteiger partial charge in [0.1, 0.15) is 10.1 Å². The molecule has 0 aliphatic carbocycles. The van der Waals surface area contributed by atoms with Gasteiger partial charge in [0, 0.05) is 23.1 Å². The minimum atomic E-state index is -0.191. The number of thiocarbonyl (C=S) groups is 1. The molecule has 0 N–H and O–H groups in total. The average Bonchev–Trinajstić information content (AvgIpc) is 3.24. The summed E-state index contributed by atoms with van der Waals surface area (Å²) >= 11 is 10.3. The molecule has 1 saturated heterocycles. The van der Waals surface area contributed by atoms with E-state index in [9.17, 15) is 9.59 Å². The Labute approximate surface area is 212 Å². The van der Waals surface area contributed by atoms with E-state index < -0.39 is 0 Å². The molecule has 33 heavy (non-hydrogen) atoms. The molecule has 2 aliphatic rings. The number of hydrogen-bond donors (Lipinski definition) is 0. The minimum absolute atomic E-state index is 0.116. The zero-order valence-electron chi connectivity index (χ0n) is 18.6. The lowest BCUT2D eigenvalue weighted by molar-refractivity contribution is -0.122. The van der Waals surface area contributed by atoms with Gasteiger partial charge in [-0.3, -0.25) is 14.5 Å². The molecular formula is C25H25BrN2O3S2. The molecule has 5 nitrogen and oxygen atoms in total. The lowest BCUT2D eigenvalue weighted by Gasteiger charge is -2.17. The Hall–Kier alpha value is -2.16. The molecule has 2 aromatic carbocycles. The first-order valence-electron chi connectivity index (χ1n) is 11.0. The fourth-order valence-corrected chi connectivity index (χ4v) is 5.78. The Morgan fingerprint density at radius 1 is 1.00 bits per heavy atom. The van der Waals surface area contributed by atoms with Crippen molar-refractivity contribution in [2.75, 3.05) is 25.1 Å². The number of thioether (sulfide) groups is 1. The molecule has 0 unspecified atom stereocenters. The van der Waals surface area contributed by atoms with E-state index in [1.54, 1.807) is 16.9 Å². The number of amides is 2. The van der Waals surface area contributed by atoms with Crippen LogP contribution in [0.3, 0.4) is 0 Å². The highest BCUT2D eigenvalue weighted by molar-refractivity contribution is 9.10. The number of halogens is 1. The van der Waals surface area contributed by atoms with Gasteiger partial charge in [-0.15, -0.1) is 0 Å². The Bertz CT molecular complexity index is 1130. The van der Waals surface area contributed by atoms with Crippen LogP contribution in [0, 0.1) is 0 Å². The highest BCUT2D eigenvalue weighted by Gasteiger charge is 2.41. The summed E-state index contributed by atoms with van der Waals surface area (Å²) in [5.74, 6) is 0.486. The van der Waals surface area contributed by atoms with Gasteiger partial charge in [-0.25, -0.2) is 0 Å². The molecule has 172 valence electrons. The van der Waals surface area contributed by atoms with Crippen LogP contribution in [0.25, 0.3) is 5.57 Å². The summed E-state index contributed by atoms with van der Waals surface area (Å²) in [6.45, 7) is 3.25. The van der Waals surface area contributed by atoms with E-state index in [0.29, 0.717) is 34.3 Å². The van der Waals surface area contributed by atoms with Crippen LogP contribution in [0.4, 0.5) is 5.69 Å². The molecule has 0 atom stereocenters. The number of anilines is 1. The van der Waals surface area contributed by atoms with Gasteiger partial charge in [-0.1, -0.05) is 71.8 Å². The maximum atomic E-state index is 13.5. The Morgan fingerprint density at radius 2 is 1.76 bits per heavy atom. The number of fused-ring (bicyclic) bond motifs is 1. The van der Waals surface area contributed by atoms with Gasteiger partial charge in [-0.05, 0) is 48.7 Å². The van der Waals surface area contributed by atoms with Gasteiger partial charge >= 0.3 is 0 Å². The average molecular weight is 546 g/mol. The molecule has 0 spiro atoms. The van der Waals surface area contributed by atoms with Crippen molar-refractivity contribution in [1.82, 2.24) is 4.90 Å². The highest BCUT2D eigenvalue weighted by atomic mass is 79.9. The van der Waals surface area contributed by atoms with Crippen LogP contribution in [0.1, 0.15) is 37.3 Å². The number of nitrogens with zero attached hydrogens (tertiary/aromatic N) is 2. The number of carbonyl (C=O) groups excluding carboxylic acids is 2. The third-order valence-corrected chi connectivity index (χ3v) is 7.76. The third-order valence-electron chi connectivity index (χ3n) is 5.82. The minimum Gasteiger partial charge on any atom is -0.497 e. The second-order valence-corrected chi connectivity index (χ2v) is 10.5. The van der Waals surface area contributed by atoms with Crippen LogP contribution in [-0.2, 0) is 16.0 Å². The van der Waals surface area contributed by atoms with Gasteiger partial charge in [-0.2, -0.15) is 0 Å². The predicted molar refractivity (Wildman–Crippen MR) is 142 cm³/mol. The highest BCUT2D eigenvalue weighted by Crippen LogP contribution is 2.45. The molecule has 2 aromatic rings. The Balaban J connectivity index is 1.60. The number of carbonyl (C=O) groups is 2. The number of rotatable bonds is 8. The monoisotopic (exact) mass is 544 g/mol. The van der Waals surface area contributed by atoms with Gasteiger partial charge in [0.25, 0.3) is 11.8 Å². The summed E-state index contributed by atoms with van der Waals surface area (Å²) in [7, 11) is 1.63. The largest absolute Gasteiger partial charge is 0.497 e. The van der Waals surface area contributed by atoms with Gasteiger partial charge in [0.15, 0.2) is 0 Å². The zero-order valence-corrected chi connectivity index (χ0v) is 21.8. The first kappa shape index (κ1) is 24.0. The Kier molecular flexibility index (Phi) is 7.56. The van der Waals surface area contributed by atoms with E-state index in [-0.39, 0.29) is 11.8 Å². The molecule has 2 aliphatic heterocycles. The first-order valence-corrected chi connectivity index (χ1v) is 13.0. The van der Waals surface area contributed by atoms with Crippen molar-refractivity contribution >= 4 is 67.3 Å². The zero-order chi connectivity index (χ0) is 23.5. The Morgan fingerprint density at radius 3 is 2.45 bits per heavy atom. The van der Waals surface area contributed by atoms with Gasteiger partial charge in [0.2, 0.25) is 0 Å². The lowest BCUT2D eigenvalue weighted by Crippen LogP contribution is -2.31. The van der Waals surface area contributed by atoms with E-state index >= 15 is 0 Å². The summed E-state index contributed by atoms with van der Waals surface area (Å²) in [6.07, 6.45) is 3.72. The number of ether oxygens (including phenoxy) is 1. The van der Waals surface area contributed by atoms with Crippen LogP contribution < -0.4 is 9.64 Å². The van der Waals surface area contributed by atoms with Crippen molar-refractivity contribution in [3.05, 3.63) is 63.0 Å². The molecule has 0 radical (unpaired) electrons. The quantitative estimate of drug-likeness (QED) is 0.238. The molecule has 4 rings (SSSR count). The van der Waals surface area contributed by atoms with Crippen molar-refractivity contribution < 1.29 is 14.3 Å². The topological polar surface area (TPSA) is 49.9 Å². The number of methoxy groups -OCH3 is 1. The second kappa shape index (κ2) is 10.4. The fourth-order valence-electron chi connectivity index (χ4n) is 4.04. The van der Waals surface area contributed by atoms with Crippen molar-refractivity contribution in [3.8, 4) is 5.75 Å². The molecule has 0 saturated carbocycles. The molecule has 0 bridgehead atoms. The van der Waals surface area contributed by atoms with E-state index in [1.165, 1.54) is 11.8 Å². The van der Waals surface area contributed by atoms with Crippen molar-refractivity contribution in [3.63, 3.8) is 0 Å². The van der Waals surface area contributed by atoms with E-state index in [2.05, 4.69) is 22.9 Å². The lowest BCUT2D eigenvalue weighted by atomic mass is 10.1. The van der Waals surface area contributed by atoms with Crippen molar-refractivity contribution in [2.45, 2.75) is 32.6 Å². The van der Waals surface area contributed by atoms with Crippen LogP contribution >= 0.6 is 39.9 Å². The summed E-state index contributed by atoms with van der Waals surface area (Å²) in [5, 5.41) is 0. The van der Waals surface area contributed by atoms with Gasteiger partial charge < -0.3 is 9.64 Å². The smallest absolute Gasteiger partial charge is 0.267 e. The van der Waals surface area contributed by atoms with Crippen LogP contribution in [0.15, 0.2) is 51.8 Å². The first-order chi connectivity index (χ1) is 15.9. The van der Waals surface area contributed by atoms with Crippen LogP contribution in [0.2, 0.25) is 0 Å². The number of hydrogen-bond acceptors (Lipinski definition) is 5. The summed E-state index contributed by atoms with van der Waals surface area (Å²) in [6, 6.07) is 13.6. The van der Waals surface area contributed by atoms with Crippen LogP contribution in [-0.4, -0.2) is 41.2 Å². The van der Waals surface area contributed by atoms with Crippen molar-refractivity contribution in [2.24, 2.45) is 0 Å². The molecular weight excluding hydrogens is 520 g/mol. The predicted octanol–water partition coefficient (Wildman–Crippen LogP) is 5.81. The standard InChI is InChI=1S/C25H25BrN2O3S2/c1-3-4-5-13-27-20-11-8-17(26)15-19(20)21(23(27)29)22-24(30)28(25(32)33-22)14-12-16-6-9-18(31-2)10-7-16/h6-11,15H,3-5,12-14H2,1-2H3/b22-21-. The van der Waals surface area contributed by atoms with E-state index in [4.69, 9.17) is 17.0 Å². The summed E-state index contributed by atoms with van der Waals surface area (Å²) in [4.78, 5) is 30.7. The molecule has 2 heterocycles. The van der Waals surface area contributed by atoms with E-state index in [0.717, 1.165) is 46.3 Å². The SMILES string of the molecule is CCCCCN1C(=O)/C(=C2\SC(=S)N(CCc3ccc(OC)cc3)C2=O)c2cc(Br)ccc21. The number of benzene rings is 2. The summed E-state index contributed by atoms with van der Waals surface area (Å²) in [5.41, 5.74) is 3.21. The van der Waals surface area contributed by atoms with Crippen LogP contribution in [0.5, 0.6) is 5.75 Å². The van der Waals surface area contributed by atoms with Crippen molar-refractivity contribution in [1.29, 1.82) is 0 Å². The normalized spacial score (nSPS) is 17.8. The fraction of sp³-hybridized carbons (Fsp3) is 0.320. The molecule has 8 heteroatoms. The van der Waals surface area contributed by atoms with Gasteiger partial charge in [0.05, 0.1) is 23.3 Å².